The second-order valence-electron chi connectivity index (χ2n) is 7.32. The Balaban J connectivity index is 2.08. The van der Waals surface area contributed by atoms with Crippen LogP contribution in [0.25, 0.3) is 0 Å². The minimum Gasteiger partial charge on any atom is -0.504 e. The summed E-state index contributed by atoms with van der Waals surface area (Å²) in [5, 5.41) is 33.0. The second kappa shape index (κ2) is 9.95. The molecule has 3 rings (SSSR count). The molecule has 0 spiro atoms. The predicted octanol–water partition coefficient (Wildman–Crippen LogP) is 4.06. The lowest BCUT2D eigenvalue weighted by Gasteiger charge is -2.11. The van der Waals surface area contributed by atoms with Gasteiger partial charge in [-0.3, -0.25) is 9.59 Å². The van der Waals surface area contributed by atoms with Gasteiger partial charge < -0.3 is 16.2 Å². The number of allylic oxidation sites excluding steroid dienone is 1. The number of anilines is 1. The highest BCUT2D eigenvalue weighted by Crippen LogP contribution is 2.38. The van der Waals surface area contributed by atoms with E-state index in [0.29, 0.717) is 16.1 Å². The van der Waals surface area contributed by atoms with Gasteiger partial charge in [-0.15, -0.1) is 11.3 Å². The molecule has 0 fully saturated rings. The largest absolute Gasteiger partial charge is 0.504 e. The normalized spacial score (nSPS) is 13.9. The van der Waals surface area contributed by atoms with Gasteiger partial charge in [0, 0.05) is 16.5 Å². The van der Waals surface area contributed by atoms with Crippen LogP contribution in [0.5, 0.6) is 0 Å². The molecule has 0 saturated heterocycles. The van der Waals surface area contributed by atoms with Crippen molar-refractivity contribution < 1.29 is 14.7 Å². The highest BCUT2D eigenvalue weighted by molar-refractivity contribution is 7.16. The SMILES string of the molecule is CCc1ccc(C(=O)C=C(Nc2sc3c(c2C#N)CCCC3)C(O)=C(C#N)C(N)=O)cc1. The third-order valence-electron chi connectivity index (χ3n) is 5.30. The Kier molecular flexibility index (Phi) is 7.09. The van der Waals surface area contributed by atoms with Crippen LogP contribution in [0.15, 0.2) is 47.4 Å². The fourth-order valence-electron chi connectivity index (χ4n) is 3.54. The summed E-state index contributed by atoms with van der Waals surface area (Å²) in [6.45, 7) is 2.00. The Labute approximate surface area is 190 Å². The van der Waals surface area contributed by atoms with E-state index in [2.05, 4.69) is 11.4 Å². The van der Waals surface area contributed by atoms with E-state index in [9.17, 15) is 25.2 Å². The number of nitrogens with one attached hydrogen (secondary N) is 1. The van der Waals surface area contributed by atoms with Gasteiger partial charge in [0.15, 0.2) is 17.1 Å². The van der Waals surface area contributed by atoms with Crippen LogP contribution in [0.3, 0.4) is 0 Å². The fourth-order valence-corrected chi connectivity index (χ4v) is 4.79. The number of carbonyl (C=O) groups is 2. The zero-order chi connectivity index (χ0) is 23.3. The van der Waals surface area contributed by atoms with Crippen LogP contribution in [0, 0.1) is 22.7 Å². The van der Waals surface area contributed by atoms with Gasteiger partial charge in [-0.2, -0.15) is 10.5 Å². The molecule has 1 aromatic carbocycles. The zero-order valence-electron chi connectivity index (χ0n) is 17.6. The average molecular weight is 447 g/mol. The van der Waals surface area contributed by atoms with Gasteiger partial charge >= 0.3 is 0 Å². The van der Waals surface area contributed by atoms with Crippen LogP contribution in [0.2, 0.25) is 0 Å². The molecule has 1 aliphatic rings. The number of benzene rings is 1. The lowest BCUT2D eigenvalue weighted by atomic mass is 9.96. The minimum absolute atomic E-state index is 0.167. The third-order valence-corrected chi connectivity index (χ3v) is 6.51. The van der Waals surface area contributed by atoms with Gasteiger partial charge in [-0.05, 0) is 43.2 Å². The number of nitrogens with zero attached hydrogens (tertiary/aromatic N) is 2. The molecule has 8 heteroatoms. The molecular weight excluding hydrogens is 424 g/mol. The third kappa shape index (κ3) is 4.72. The molecule has 1 aromatic heterocycles. The van der Waals surface area contributed by atoms with Crippen LogP contribution >= 0.6 is 11.3 Å². The van der Waals surface area contributed by atoms with Crippen molar-refractivity contribution in [1.29, 1.82) is 10.5 Å². The highest BCUT2D eigenvalue weighted by atomic mass is 32.1. The van der Waals surface area contributed by atoms with E-state index in [4.69, 9.17) is 5.73 Å². The number of aliphatic hydroxyl groups is 1. The molecule has 7 nitrogen and oxygen atoms in total. The van der Waals surface area contributed by atoms with E-state index in [-0.39, 0.29) is 5.70 Å². The summed E-state index contributed by atoms with van der Waals surface area (Å²) < 4.78 is 0. The topological polar surface area (TPSA) is 140 Å². The Hall–Kier alpha value is -3.88. The standard InChI is InChI=1S/C24H22N4O3S/c1-2-14-7-9-15(10-8-14)20(29)11-19(22(30)18(13-26)23(27)31)28-24-17(12-25)16-5-3-4-6-21(16)32-24/h7-11,28,30H,2-6H2,1H3,(H2,27,31). The Morgan fingerprint density at radius 2 is 1.91 bits per heavy atom. The van der Waals surface area contributed by atoms with Crippen LogP contribution in [0.1, 0.15) is 51.7 Å². The number of ketones is 1. The molecule has 0 atom stereocenters. The zero-order valence-corrected chi connectivity index (χ0v) is 18.4. The van der Waals surface area contributed by atoms with Gasteiger partial charge in [0.25, 0.3) is 5.91 Å². The molecule has 0 bridgehead atoms. The minimum atomic E-state index is -1.12. The van der Waals surface area contributed by atoms with Crippen molar-refractivity contribution in [3.8, 4) is 12.1 Å². The molecule has 1 amide bonds. The number of nitriles is 2. The number of aryl methyl sites for hydroxylation is 2. The van der Waals surface area contributed by atoms with Crippen LogP contribution in [-0.2, 0) is 24.1 Å². The number of thiophene rings is 1. The first kappa shape index (κ1) is 22.8. The van der Waals surface area contributed by atoms with Gasteiger partial charge in [0.05, 0.1) is 11.3 Å². The summed E-state index contributed by atoms with van der Waals surface area (Å²) in [7, 11) is 0. The smallest absolute Gasteiger partial charge is 0.263 e. The summed E-state index contributed by atoms with van der Waals surface area (Å²) in [5.41, 5.74) is 7.22. The summed E-state index contributed by atoms with van der Waals surface area (Å²) in [4.78, 5) is 25.6. The Bertz CT molecular complexity index is 1210. The number of fused-ring (bicyclic) bond motifs is 1. The van der Waals surface area contributed by atoms with E-state index >= 15 is 0 Å². The Morgan fingerprint density at radius 1 is 1.22 bits per heavy atom. The van der Waals surface area contributed by atoms with Crippen molar-refractivity contribution >= 4 is 28.0 Å². The van der Waals surface area contributed by atoms with Crippen molar-refractivity contribution in [3.05, 3.63) is 74.5 Å². The molecule has 162 valence electrons. The maximum atomic E-state index is 12.9. The summed E-state index contributed by atoms with van der Waals surface area (Å²) in [5.74, 6) is -2.31. The molecule has 32 heavy (non-hydrogen) atoms. The lowest BCUT2D eigenvalue weighted by molar-refractivity contribution is -0.114. The molecule has 0 saturated carbocycles. The number of nitrogens with two attached hydrogens (primary N) is 1. The monoisotopic (exact) mass is 446 g/mol. The first-order valence-corrected chi connectivity index (χ1v) is 11.0. The van der Waals surface area contributed by atoms with Crippen LogP contribution in [-0.4, -0.2) is 16.8 Å². The quantitative estimate of drug-likeness (QED) is 0.193. The van der Waals surface area contributed by atoms with Crippen LogP contribution < -0.4 is 11.1 Å². The predicted molar refractivity (Wildman–Crippen MR) is 122 cm³/mol. The van der Waals surface area contributed by atoms with E-state index in [0.717, 1.165) is 54.2 Å². The Morgan fingerprint density at radius 3 is 2.50 bits per heavy atom. The number of hydrogen-bond donors (Lipinski definition) is 3. The molecule has 0 radical (unpaired) electrons. The fraction of sp³-hybridized carbons (Fsp3) is 0.250. The van der Waals surface area contributed by atoms with Gasteiger partial charge in [0.1, 0.15) is 17.1 Å². The van der Waals surface area contributed by atoms with Crippen LogP contribution in [0.4, 0.5) is 5.00 Å². The van der Waals surface area contributed by atoms with Crippen molar-refractivity contribution in [2.24, 2.45) is 5.73 Å². The van der Waals surface area contributed by atoms with E-state index in [1.165, 1.54) is 11.3 Å². The second-order valence-corrected chi connectivity index (χ2v) is 8.43. The first-order valence-electron chi connectivity index (χ1n) is 10.2. The first-order chi connectivity index (χ1) is 15.4. The number of hydrogen-bond acceptors (Lipinski definition) is 7. The van der Waals surface area contributed by atoms with E-state index in [1.807, 2.05) is 19.1 Å². The maximum Gasteiger partial charge on any atom is 0.263 e. The number of aliphatic hydroxyl groups excluding tert-OH is 1. The molecule has 1 heterocycles. The number of rotatable bonds is 7. The van der Waals surface area contributed by atoms with Gasteiger partial charge in [-0.1, -0.05) is 31.2 Å². The molecule has 0 aliphatic heterocycles. The van der Waals surface area contributed by atoms with Crippen molar-refractivity contribution in [3.63, 3.8) is 0 Å². The molecular formula is C24H22N4O3S. The van der Waals surface area contributed by atoms with Crippen molar-refractivity contribution in [2.45, 2.75) is 39.0 Å². The van der Waals surface area contributed by atoms with Crippen molar-refractivity contribution in [1.82, 2.24) is 0 Å². The summed E-state index contributed by atoms with van der Waals surface area (Å²) >= 11 is 1.37. The summed E-state index contributed by atoms with van der Waals surface area (Å²) in [6, 6.07) is 10.8. The number of amides is 1. The number of primary amides is 1. The summed E-state index contributed by atoms with van der Waals surface area (Å²) in [6.07, 6.45) is 5.58. The molecule has 2 aromatic rings. The van der Waals surface area contributed by atoms with E-state index < -0.39 is 23.0 Å². The molecule has 0 unspecified atom stereocenters. The van der Waals surface area contributed by atoms with Gasteiger partial charge in [-0.25, -0.2) is 0 Å². The maximum absolute atomic E-state index is 12.9. The highest BCUT2D eigenvalue weighted by Gasteiger charge is 2.24. The number of carbonyl (C=O) groups excluding carboxylic acids is 2. The lowest BCUT2D eigenvalue weighted by Crippen LogP contribution is -2.17. The molecule has 1 aliphatic carbocycles. The average Bonchev–Trinajstić information content (AvgIpc) is 3.15. The van der Waals surface area contributed by atoms with E-state index in [1.54, 1.807) is 18.2 Å². The molecule has 4 N–H and O–H groups in total. The van der Waals surface area contributed by atoms with Gasteiger partial charge in [0.2, 0.25) is 0 Å². The van der Waals surface area contributed by atoms with Crippen molar-refractivity contribution in [2.75, 3.05) is 5.32 Å².